The molecule has 1 atom stereocenters. The number of fused-ring (bicyclic) bond motifs is 1. The molecule has 126 valence electrons. The van der Waals surface area contributed by atoms with Gasteiger partial charge in [0.1, 0.15) is 5.92 Å². The Balaban J connectivity index is 2.05. The molecule has 7 nitrogen and oxygen atoms in total. The molecule has 0 fully saturated rings. The predicted octanol–water partition coefficient (Wildman–Crippen LogP) is 1.40. The van der Waals surface area contributed by atoms with Gasteiger partial charge in [-0.3, -0.25) is 19.2 Å². The molecule has 1 unspecified atom stereocenters. The van der Waals surface area contributed by atoms with Crippen LogP contribution in [0.2, 0.25) is 0 Å². The lowest BCUT2D eigenvalue weighted by molar-refractivity contribution is -0.128. The van der Waals surface area contributed by atoms with Crippen molar-refractivity contribution in [2.75, 3.05) is 10.2 Å². The van der Waals surface area contributed by atoms with E-state index in [2.05, 4.69) is 5.32 Å². The van der Waals surface area contributed by atoms with Gasteiger partial charge < -0.3 is 11.1 Å². The highest BCUT2D eigenvalue weighted by atomic mass is 16.2. The third-order valence-corrected chi connectivity index (χ3v) is 3.90. The average Bonchev–Trinajstić information content (AvgIpc) is 2.56. The van der Waals surface area contributed by atoms with Gasteiger partial charge in [-0.25, -0.2) is 4.90 Å². The van der Waals surface area contributed by atoms with E-state index in [4.69, 9.17) is 5.73 Å². The van der Waals surface area contributed by atoms with E-state index >= 15 is 0 Å². The molecule has 3 rings (SSSR count). The molecule has 1 aliphatic heterocycles. The number of imide groups is 1. The number of benzene rings is 2. The summed E-state index contributed by atoms with van der Waals surface area (Å²) in [5, 5.41) is 2.60. The Hall–Kier alpha value is -3.48. The summed E-state index contributed by atoms with van der Waals surface area (Å²) in [5.74, 6) is -3.48. The number of hydrogen-bond acceptors (Lipinski definition) is 4. The first-order valence-electron chi connectivity index (χ1n) is 7.54. The van der Waals surface area contributed by atoms with Crippen molar-refractivity contribution in [1.82, 2.24) is 0 Å². The first-order valence-corrected chi connectivity index (χ1v) is 7.54. The van der Waals surface area contributed by atoms with Gasteiger partial charge in [0.05, 0.1) is 5.69 Å². The lowest BCUT2D eigenvalue weighted by Gasteiger charge is -2.31. The van der Waals surface area contributed by atoms with Gasteiger partial charge in [-0.2, -0.15) is 0 Å². The molecule has 1 heterocycles. The van der Waals surface area contributed by atoms with E-state index in [1.807, 2.05) is 0 Å². The quantitative estimate of drug-likeness (QED) is 0.651. The first kappa shape index (κ1) is 16.4. The van der Waals surface area contributed by atoms with Crippen LogP contribution in [0.15, 0.2) is 48.5 Å². The number of anilines is 2. The smallest absolute Gasteiger partial charge is 0.265 e. The van der Waals surface area contributed by atoms with Crippen molar-refractivity contribution >= 4 is 35.0 Å². The van der Waals surface area contributed by atoms with Crippen LogP contribution < -0.4 is 16.0 Å². The summed E-state index contributed by atoms with van der Waals surface area (Å²) in [6.07, 6.45) is 0. The van der Waals surface area contributed by atoms with Gasteiger partial charge >= 0.3 is 0 Å². The van der Waals surface area contributed by atoms with Gasteiger partial charge in [0.15, 0.2) is 0 Å². The van der Waals surface area contributed by atoms with Crippen LogP contribution in [0, 0.1) is 0 Å². The molecule has 4 amide bonds. The van der Waals surface area contributed by atoms with E-state index in [0.717, 1.165) is 4.90 Å². The second-order valence-electron chi connectivity index (χ2n) is 5.63. The van der Waals surface area contributed by atoms with Crippen molar-refractivity contribution in [3.8, 4) is 0 Å². The fourth-order valence-corrected chi connectivity index (χ4v) is 2.84. The highest BCUT2D eigenvalue weighted by Crippen LogP contribution is 2.32. The molecule has 0 bridgehead atoms. The highest BCUT2D eigenvalue weighted by molar-refractivity contribution is 6.30. The summed E-state index contributed by atoms with van der Waals surface area (Å²) in [6, 6.07) is 12.6. The van der Waals surface area contributed by atoms with Crippen molar-refractivity contribution in [1.29, 1.82) is 0 Å². The maximum Gasteiger partial charge on any atom is 0.265 e. The Bertz CT molecular complexity index is 889. The zero-order chi connectivity index (χ0) is 18.1. The molecule has 7 heteroatoms. The van der Waals surface area contributed by atoms with E-state index in [0.29, 0.717) is 16.9 Å². The van der Waals surface area contributed by atoms with Crippen LogP contribution in [-0.2, 0) is 14.4 Å². The molecule has 25 heavy (non-hydrogen) atoms. The van der Waals surface area contributed by atoms with E-state index in [9.17, 15) is 19.2 Å². The summed E-state index contributed by atoms with van der Waals surface area (Å²) in [7, 11) is 0. The lowest BCUT2D eigenvalue weighted by Crippen LogP contribution is -2.48. The van der Waals surface area contributed by atoms with E-state index in [1.54, 1.807) is 36.4 Å². The van der Waals surface area contributed by atoms with Crippen LogP contribution >= 0.6 is 0 Å². The van der Waals surface area contributed by atoms with E-state index in [1.165, 1.54) is 19.1 Å². The molecule has 0 saturated carbocycles. The SMILES string of the molecule is CC(=O)Nc1ccc(N2C(=O)c3ccccc3C(C(N)=O)C2=O)cc1. The number of nitrogens with zero attached hydrogens (tertiary/aromatic N) is 1. The number of primary amides is 1. The van der Waals surface area contributed by atoms with Crippen LogP contribution in [-0.4, -0.2) is 23.6 Å². The fourth-order valence-electron chi connectivity index (χ4n) is 2.84. The van der Waals surface area contributed by atoms with Gasteiger partial charge in [0, 0.05) is 18.2 Å². The molecular weight excluding hydrogens is 322 g/mol. The molecule has 0 aromatic heterocycles. The van der Waals surface area contributed by atoms with E-state index in [-0.39, 0.29) is 11.5 Å². The largest absolute Gasteiger partial charge is 0.369 e. The van der Waals surface area contributed by atoms with Crippen LogP contribution in [0.3, 0.4) is 0 Å². The third-order valence-electron chi connectivity index (χ3n) is 3.90. The first-order chi connectivity index (χ1) is 11.9. The number of amides is 4. The normalized spacial score (nSPS) is 16.4. The molecule has 0 radical (unpaired) electrons. The highest BCUT2D eigenvalue weighted by Gasteiger charge is 2.42. The summed E-state index contributed by atoms with van der Waals surface area (Å²) in [4.78, 5) is 49.3. The number of carbonyl (C=O) groups excluding carboxylic acids is 4. The zero-order valence-corrected chi connectivity index (χ0v) is 13.4. The Morgan fingerprint density at radius 2 is 1.68 bits per heavy atom. The van der Waals surface area contributed by atoms with Crippen molar-refractivity contribution < 1.29 is 19.2 Å². The molecule has 0 aliphatic carbocycles. The summed E-state index contributed by atoms with van der Waals surface area (Å²) < 4.78 is 0. The maximum absolute atomic E-state index is 12.7. The van der Waals surface area contributed by atoms with Crippen molar-refractivity contribution in [2.45, 2.75) is 12.8 Å². The van der Waals surface area contributed by atoms with Crippen molar-refractivity contribution in [3.05, 3.63) is 59.7 Å². The van der Waals surface area contributed by atoms with Crippen LogP contribution in [0.25, 0.3) is 0 Å². The fraction of sp³-hybridized carbons (Fsp3) is 0.111. The van der Waals surface area contributed by atoms with Crippen molar-refractivity contribution in [3.63, 3.8) is 0 Å². The predicted molar refractivity (Wildman–Crippen MR) is 90.9 cm³/mol. The number of hydrogen-bond donors (Lipinski definition) is 2. The number of nitrogens with two attached hydrogens (primary N) is 1. The van der Waals surface area contributed by atoms with Gasteiger partial charge in [-0.15, -0.1) is 0 Å². The topological polar surface area (TPSA) is 110 Å². The van der Waals surface area contributed by atoms with Crippen LogP contribution in [0.1, 0.15) is 28.8 Å². The monoisotopic (exact) mass is 337 g/mol. The van der Waals surface area contributed by atoms with Gasteiger partial charge in [0.25, 0.3) is 11.8 Å². The minimum Gasteiger partial charge on any atom is -0.369 e. The standard InChI is InChI=1S/C18H15N3O4/c1-10(22)20-11-6-8-12(9-7-11)21-17(24)14-5-3-2-4-13(14)15(16(19)23)18(21)25/h2-9,15H,1H3,(H2,19,23)(H,20,22). The van der Waals surface area contributed by atoms with Crippen LogP contribution in [0.4, 0.5) is 11.4 Å². The lowest BCUT2D eigenvalue weighted by atomic mass is 9.87. The molecule has 0 saturated heterocycles. The number of carbonyl (C=O) groups is 4. The minimum atomic E-state index is -1.22. The molecule has 2 aromatic carbocycles. The summed E-state index contributed by atoms with van der Waals surface area (Å²) in [6.45, 7) is 1.37. The average molecular weight is 337 g/mol. The number of rotatable bonds is 3. The zero-order valence-electron chi connectivity index (χ0n) is 13.4. The summed E-state index contributed by atoms with van der Waals surface area (Å²) in [5.41, 5.74) is 6.79. The molecule has 1 aliphatic rings. The van der Waals surface area contributed by atoms with Crippen LogP contribution in [0.5, 0.6) is 0 Å². The van der Waals surface area contributed by atoms with Gasteiger partial charge in [0.2, 0.25) is 11.8 Å². The van der Waals surface area contributed by atoms with Crippen molar-refractivity contribution in [2.24, 2.45) is 5.73 Å². The summed E-state index contributed by atoms with van der Waals surface area (Å²) >= 11 is 0. The second kappa shape index (κ2) is 6.20. The second-order valence-corrected chi connectivity index (χ2v) is 5.63. The minimum absolute atomic E-state index is 0.236. The molecule has 0 spiro atoms. The Labute approximate surface area is 143 Å². The number of nitrogens with one attached hydrogen (secondary N) is 1. The molecular formula is C18H15N3O4. The Kier molecular flexibility index (Phi) is 4.06. The Morgan fingerprint density at radius 1 is 1.04 bits per heavy atom. The van der Waals surface area contributed by atoms with Gasteiger partial charge in [-0.1, -0.05) is 18.2 Å². The third kappa shape index (κ3) is 2.87. The molecule has 3 N–H and O–H groups in total. The maximum atomic E-state index is 12.7. The van der Waals surface area contributed by atoms with E-state index < -0.39 is 23.6 Å². The molecule has 2 aromatic rings. The van der Waals surface area contributed by atoms with Gasteiger partial charge in [-0.05, 0) is 35.9 Å². The Morgan fingerprint density at radius 3 is 2.28 bits per heavy atom.